The number of hydrogen-bond donors (Lipinski definition) is 1. The molecular formula is C13H18ClNO2. The second-order valence-corrected chi connectivity index (χ2v) is 4.68. The summed E-state index contributed by atoms with van der Waals surface area (Å²) in [4.78, 5) is 0. The van der Waals surface area contributed by atoms with Gasteiger partial charge in [0.1, 0.15) is 11.9 Å². The first-order valence-corrected chi connectivity index (χ1v) is 6.40. The lowest BCUT2D eigenvalue weighted by Crippen LogP contribution is -2.28. The van der Waals surface area contributed by atoms with Gasteiger partial charge in [-0.1, -0.05) is 11.6 Å². The lowest BCUT2D eigenvalue weighted by atomic mass is 10.1. The Morgan fingerprint density at radius 3 is 3.06 bits per heavy atom. The zero-order valence-electron chi connectivity index (χ0n) is 9.82. The van der Waals surface area contributed by atoms with E-state index >= 15 is 0 Å². The van der Waals surface area contributed by atoms with E-state index in [0.29, 0.717) is 13.2 Å². The van der Waals surface area contributed by atoms with Crippen LogP contribution in [0.25, 0.3) is 0 Å². The van der Waals surface area contributed by atoms with E-state index in [4.69, 9.17) is 26.8 Å². The predicted octanol–water partition coefficient (Wildman–Crippen LogP) is 2.40. The van der Waals surface area contributed by atoms with Gasteiger partial charge in [0, 0.05) is 11.6 Å². The molecule has 2 rings (SSSR count). The maximum absolute atomic E-state index is 5.97. The van der Waals surface area contributed by atoms with E-state index in [9.17, 15) is 0 Å². The molecule has 1 saturated heterocycles. The molecule has 1 aromatic rings. The van der Waals surface area contributed by atoms with Crippen molar-refractivity contribution in [3.05, 3.63) is 28.8 Å². The highest BCUT2D eigenvalue weighted by molar-refractivity contribution is 6.30. The molecule has 17 heavy (non-hydrogen) atoms. The molecule has 4 heteroatoms. The van der Waals surface area contributed by atoms with Crippen LogP contribution in [0.4, 0.5) is 0 Å². The van der Waals surface area contributed by atoms with Gasteiger partial charge in [-0.3, -0.25) is 0 Å². The zero-order valence-corrected chi connectivity index (χ0v) is 10.6. The topological polar surface area (TPSA) is 44.5 Å². The second kappa shape index (κ2) is 6.24. The highest BCUT2D eigenvalue weighted by Crippen LogP contribution is 2.25. The molecule has 3 nitrogen and oxygen atoms in total. The first-order chi connectivity index (χ1) is 8.29. The molecule has 94 valence electrons. The number of benzene rings is 1. The van der Waals surface area contributed by atoms with E-state index < -0.39 is 0 Å². The largest absolute Gasteiger partial charge is 0.488 e. The molecule has 0 radical (unpaired) electrons. The van der Waals surface area contributed by atoms with Crippen molar-refractivity contribution in [2.24, 2.45) is 5.73 Å². The molecule has 1 fully saturated rings. The number of nitrogens with two attached hydrogens (primary N) is 1. The maximum atomic E-state index is 5.97. The summed E-state index contributed by atoms with van der Waals surface area (Å²) in [6.07, 6.45) is 3.04. The van der Waals surface area contributed by atoms with Gasteiger partial charge in [-0.15, -0.1) is 0 Å². The first kappa shape index (κ1) is 12.7. The van der Waals surface area contributed by atoms with E-state index in [2.05, 4.69) is 0 Å². The van der Waals surface area contributed by atoms with Crippen LogP contribution in [-0.2, 0) is 11.2 Å². The summed E-state index contributed by atoms with van der Waals surface area (Å²) in [5.41, 5.74) is 6.66. The monoisotopic (exact) mass is 255 g/mol. The Kier molecular flexibility index (Phi) is 4.66. The summed E-state index contributed by atoms with van der Waals surface area (Å²) >= 11 is 5.97. The number of rotatable bonds is 4. The van der Waals surface area contributed by atoms with Crippen LogP contribution in [0.3, 0.4) is 0 Å². The van der Waals surface area contributed by atoms with E-state index in [1.54, 1.807) is 0 Å². The Labute approximate surface area is 107 Å². The average Bonchev–Trinajstić information content (AvgIpc) is 2.34. The number of halogens is 1. The first-order valence-electron chi connectivity index (χ1n) is 6.02. The molecule has 0 saturated carbocycles. The van der Waals surface area contributed by atoms with Crippen molar-refractivity contribution in [2.75, 3.05) is 19.8 Å². The fourth-order valence-corrected chi connectivity index (χ4v) is 2.19. The van der Waals surface area contributed by atoms with Gasteiger partial charge in [-0.25, -0.2) is 0 Å². The molecule has 1 aliphatic heterocycles. The molecule has 0 amide bonds. The fourth-order valence-electron chi connectivity index (χ4n) is 2.00. The van der Waals surface area contributed by atoms with Gasteiger partial charge in [0.25, 0.3) is 0 Å². The minimum Gasteiger partial charge on any atom is -0.488 e. The van der Waals surface area contributed by atoms with E-state index in [0.717, 1.165) is 42.2 Å². The van der Waals surface area contributed by atoms with Gasteiger partial charge < -0.3 is 15.2 Å². The van der Waals surface area contributed by atoms with Gasteiger partial charge in [0.05, 0.1) is 6.61 Å². The lowest BCUT2D eigenvalue weighted by molar-refractivity contribution is 0.00705. The second-order valence-electron chi connectivity index (χ2n) is 4.25. The van der Waals surface area contributed by atoms with Crippen LogP contribution in [-0.4, -0.2) is 25.9 Å². The average molecular weight is 256 g/mol. The van der Waals surface area contributed by atoms with Crippen molar-refractivity contribution in [3.63, 3.8) is 0 Å². The van der Waals surface area contributed by atoms with Gasteiger partial charge in [0.15, 0.2) is 0 Å². The zero-order chi connectivity index (χ0) is 12.1. The summed E-state index contributed by atoms with van der Waals surface area (Å²) in [5, 5.41) is 0.723. The molecule has 0 spiro atoms. The molecule has 1 unspecified atom stereocenters. The van der Waals surface area contributed by atoms with Crippen LogP contribution in [0.1, 0.15) is 18.4 Å². The van der Waals surface area contributed by atoms with Gasteiger partial charge in [0.2, 0.25) is 0 Å². The van der Waals surface area contributed by atoms with Crippen molar-refractivity contribution in [1.29, 1.82) is 0 Å². The highest BCUT2D eigenvalue weighted by atomic mass is 35.5. The van der Waals surface area contributed by atoms with Gasteiger partial charge in [-0.05, 0) is 49.6 Å². The predicted molar refractivity (Wildman–Crippen MR) is 68.7 cm³/mol. The lowest BCUT2D eigenvalue weighted by Gasteiger charge is -2.24. The molecule has 2 N–H and O–H groups in total. The molecule has 1 heterocycles. The van der Waals surface area contributed by atoms with Crippen LogP contribution in [0.5, 0.6) is 5.75 Å². The van der Waals surface area contributed by atoms with Crippen molar-refractivity contribution >= 4 is 11.6 Å². The Bertz CT molecular complexity index is 364. The summed E-state index contributed by atoms with van der Waals surface area (Å²) < 4.78 is 11.4. The van der Waals surface area contributed by atoms with E-state index in [1.165, 1.54) is 0 Å². The minimum atomic E-state index is 0.154. The Balaban J connectivity index is 2.07. The highest BCUT2D eigenvalue weighted by Gasteiger charge is 2.16. The summed E-state index contributed by atoms with van der Waals surface area (Å²) in [6.45, 7) is 2.11. The van der Waals surface area contributed by atoms with Crippen molar-refractivity contribution < 1.29 is 9.47 Å². The van der Waals surface area contributed by atoms with Crippen LogP contribution in [0, 0.1) is 0 Å². The molecule has 0 bridgehead atoms. The summed E-state index contributed by atoms with van der Waals surface area (Å²) in [6, 6.07) is 5.69. The number of ether oxygens (including phenoxy) is 2. The molecular weight excluding hydrogens is 238 g/mol. The Morgan fingerprint density at radius 2 is 2.35 bits per heavy atom. The van der Waals surface area contributed by atoms with Crippen LogP contribution in [0.15, 0.2) is 18.2 Å². The quantitative estimate of drug-likeness (QED) is 0.899. The third-order valence-corrected chi connectivity index (χ3v) is 3.08. The Hall–Kier alpha value is -0.770. The van der Waals surface area contributed by atoms with Crippen LogP contribution >= 0.6 is 11.6 Å². The molecule has 1 aromatic carbocycles. The molecule has 0 aromatic heterocycles. The van der Waals surface area contributed by atoms with Crippen LogP contribution in [0.2, 0.25) is 5.02 Å². The normalized spacial score (nSPS) is 20.2. The Morgan fingerprint density at radius 1 is 1.47 bits per heavy atom. The van der Waals surface area contributed by atoms with Gasteiger partial charge >= 0.3 is 0 Å². The minimum absolute atomic E-state index is 0.154. The summed E-state index contributed by atoms with van der Waals surface area (Å²) in [7, 11) is 0. The third kappa shape index (κ3) is 3.60. The van der Waals surface area contributed by atoms with Crippen LogP contribution < -0.4 is 10.5 Å². The standard InChI is InChI=1S/C13H18ClNO2/c14-11-3-4-13(10(8-11)5-6-15)17-12-2-1-7-16-9-12/h3-4,8,12H,1-2,5-7,9,15H2. The fraction of sp³-hybridized carbons (Fsp3) is 0.538. The summed E-state index contributed by atoms with van der Waals surface area (Å²) in [5.74, 6) is 0.885. The third-order valence-electron chi connectivity index (χ3n) is 2.85. The molecule has 0 aliphatic carbocycles. The molecule has 1 aliphatic rings. The molecule has 1 atom stereocenters. The van der Waals surface area contributed by atoms with Gasteiger partial charge in [-0.2, -0.15) is 0 Å². The van der Waals surface area contributed by atoms with Crippen molar-refractivity contribution in [2.45, 2.75) is 25.4 Å². The van der Waals surface area contributed by atoms with E-state index in [1.807, 2.05) is 18.2 Å². The smallest absolute Gasteiger partial charge is 0.123 e. The van der Waals surface area contributed by atoms with E-state index in [-0.39, 0.29) is 6.10 Å². The number of hydrogen-bond acceptors (Lipinski definition) is 3. The maximum Gasteiger partial charge on any atom is 0.123 e. The van der Waals surface area contributed by atoms with Crippen molar-refractivity contribution in [3.8, 4) is 5.75 Å². The van der Waals surface area contributed by atoms with Crippen molar-refractivity contribution in [1.82, 2.24) is 0 Å². The SMILES string of the molecule is NCCc1cc(Cl)ccc1OC1CCCOC1.